The number of anilines is 2. The third-order valence-corrected chi connectivity index (χ3v) is 7.84. The minimum absolute atomic E-state index is 0.0779. The van der Waals surface area contributed by atoms with Crippen LogP contribution in [-0.2, 0) is 19.4 Å². The molecule has 0 aliphatic carbocycles. The molecule has 204 valence electrons. The van der Waals surface area contributed by atoms with Crippen LogP contribution >= 0.6 is 0 Å². The number of hydrogen-bond donors (Lipinski definition) is 3. The van der Waals surface area contributed by atoms with E-state index in [9.17, 15) is 13.6 Å². The predicted octanol–water partition coefficient (Wildman–Crippen LogP) is 3.53. The van der Waals surface area contributed by atoms with E-state index in [1.807, 2.05) is 6.07 Å². The molecule has 0 spiro atoms. The molecule has 9 nitrogen and oxygen atoms in total. The minimum atomic E-state index is -2.68. The van der Waals surface area contributed by atoms with Crippen molar-refractivity contribution in [3.8, 4) is 0 Å². The van der Waals surface area contributed by atoms with Crippen molar-refractivity contribution in [2.24, 2.45) is 10.7 Å². The maximum absolute atomic E-state index is 14.4. The van der Waals surface area contributed by atoms with E-state index in [0.29, 0.717) is 37.2 Å². The van der Waals surface area contributed by atoms with Crippen LogP contribution in [0.2, 0.25) is 0 Å². The molecule has 3 aliphatic rings. The fourth-order valence-corrected chi connectivity index (χ4v) is 5.97. The molecule has 4 N–H and O–H groups in total. The standard InChI is InChI=1S/C27H36F2N8O/c1-31-15-18(14-30)20-12-17-4-3-10-36(24(17)13-21(20)25(28)29)26-22-16-35(27(38)32-2)11-7-23(22)37(34-26)19-5-8-33-9-6-19/h12-15,19,25,33H,3-11,16,30H2,1-2H3,(H,32,38)/b18-14+,31-15?. The number of rotatable bonds is 5. The number of aryl methyl sites for hydroxylation is 1. The second-order valence-corrected chi connectivity index (χ2v) is 10.0. The second kappa shape index (κ2) is 11.1. The molecule has 2 aromatic rings. The molecule has 1 saturated heterocycles. The summed E-state index contributed by atoms with van der Waals surface area (Å²) in [5.41, 5.74) is 10.5. The van der Waals surface area contributed by atoms with Gasteiger partial charge in [0.1, 0.15) is 0 Å². The van der Waals surface area contributed by atoms with E-state index in [2.05, 4.69) is 25.2 Å². The molecular weight excluding hydrogens is 490 g/mol. The monoisotopic (exact) mass is 526 g/mol. The molecule has 11 heteroatoms. The Hall–Kier alpha value is -3.47. The number of alkyl halides is 2. The maximum atomic E-state index is 14.4. The van der Waals surface area contributed by atoms with E-state index in [1.54, 1.807) is 25.1 Å². The van der Waals surface area contributed by atoms with Crippen LogP contribution in [0.4, 0.5) is 25.1 Å². The quantitative estimate of drug-likeness (QED) is 0.518. The van der Waals surface area contributed by atoms with Gasteiger partial charge in [-0.3, -0.25) is 9.67 Å². The Labute approximate surface area is 221 Å². The third kappa shape index (κ3) is 4.75. The number of urea groups is 1. The van der Waals surface area contributed by atoms with Crippen LogP contribution in [-0.4, -0.2) is 67.2 Å². The number of carbonyl (C=O) groups excluding carboxylic acids is 1. The van der Waals surface area contributed by atoms with Gasteiger partial charge in [0.25, 0.3) is 6.43 Å². The lowest BCUT2D eigenvalue weighted by atomic mass is 9.92. The van der Waals surface area contributed by atoms with Crippen LogP contribution in [0.3, 0.4) is 0 Å². The average molecular weight is 527 g/mol. The number of aromatic nitrogens is 2. The third-order valence-electron chi connectivity index (χ3n) is 7.84. The highest BCUT2D eigenvalue weighted by Gasteiger charge is 2.34. The van der Waals surface area contributed by atoms with E-state index < -0.39 is 6.43 Å². The molecule has 38 heavy (non-hydrogen) atoms. The van der Waals surface area contributed by atoms with Gasteiger partial charge in [-0.15, -0.1) is 0 Å². The molecule has 3 aliphatic heterocycles. The van der Waals surface area contributed by atoms with Crippen LogP contribution in [0, 0.1) is 0 Å². The largest absolute Gasteiger partial charge is 0.404 e. The molecule has 0 unspecified atom stereocenters. The van der Waals surface area contributed by atoms with E-state index in [1.165, 1.54) is 12.4 Å². The van der Waals surface area contributed by atoms with Crippen molar-refractivity contribution in [1.82, 2.24) is 25.3 Å². The van der Waals surface area contributed by atoms with Crippen molar-refractivity contribution in [3.63, 3.8) is 0 Å². The number of piperidine rings is 1. The van der Waals surface area contributed by atoms with Crippen LogP contribution in [0.25, 0.3) is 5.57 Å². The van der Waals surface area contributed by atoms with Crippen LogP contribution < -0.4 is 21.3 Å². The fraction of sp³-hybridized carbons (Fsp3) is 0.519. The van der Waals surface area contributed by atoms with Crippen LogP contribution in [0.5, 0.6) is 0 Å². The number of halogens is 2. The van der Waals surface area contributed by atoms with Crippen molar-refractivity contribution in [2.75, 3.05) is 45.2 Å². The maximum Gasteiger partial charge on any atom is 0.317 e. The summed E-state index contributed by atoms with van der Waals surface area (Å²) in [6.45, 7) is 3.59. The van der Waals surface area contributed by atoms with Gasteiger partial charge in [-0.2, -0.15) is 5.10 Å². The highest BCUT2D eigenvalue weighted by Crippen LogP contribution is 2.42. The normalized spacial score (nSPS) is 18.7. The zero-order valence-corrected chi connectivity index (χ0v) is 22.0. The summed E-state index contributed by atoms with van der Waals surface area (Å²) < 4.78 is 30.9. The number of amides is 2. The number of nitrogens with one attached hydrogen (secondary N) is 2. The van der Waals surface area contributed by atoms with Crippen molar-refractivity contribution >= 4 is 29.3 Å². The predicted molar refractivity (Wildman–Crippen MR) is 145 cm³/mol. The van der Waals surface area contributed by atoms with Gasteiger partial charge in [0.2, 0.25) is 0 Å². The summed E-state index contributed by atoms with van der Waals surface area (Å²) in [6, 6.07) is 3.57. The summed E-state index contributed by atoms with van der Waals surface area (Å²) in [6.07, 6.45) is 4.46. The van der Waals surface area contributed by atoms with Crippen LogP contribution in [0.1, 0.15) is 59.7 Å². The van der Waals surface area contributed by atoms with Gasteiger partial charge in [-0.05, 0) is 62.0 Å². The second-order valence-electron chi connectivity index (χ2n) is 10.0. The number of benzene rings is 1. The zero-order chi connectivity index (χ0) is 26.8. The van der Waals surface area contributed by atoms with Crippen molar-refractivity contribution in [1.29, 1.82) is 0 Å². The Morgan fingerprint density at radius 3 is 2.74 bits per heavy atom. The fourth-order valence-electron chi connectivity index (χ4n) is 5.97. The molecule has 1 aromatic heterocycles. The smallest absolute Gasteiger partial charge is 0.317 e. The molecular formula is C27H36F2N8O. The number of aliphatic imine (C=N–C) groups is 1. The summed E-state index contributed by atoms with van der Waals surface area (Å²) in [4.78, 5) is 20.4. The van der Waals surface area contributed by atoms with E-state index in [-0.39, 0.29) is 17.6 Å². The lowest BCUT2D eigenvalue weighted by molar-refractivity contribution is 0.151. The van der Waals surface area contributed by atoms with Gasteiger partial charge in [0.05, 0.1) is 12.6 Å². The van der Waals surface area contributed by atoms with Crippen molar-refractivity contribution < 1.29 is 13.6 Å². The first-order valence-corrected chi connectivity index (χ1v) is 13.3. The number of allylic oxidation sites excluding steroid dienone is 1. The number of fused-ring (bicyclic) bond motifs is 2. The van der Waals surface area contributed by atoms with Gasteiger partial charge in [0, 0.05) is 74.1 Å². The van der Waals surface area contributed by atoms with Gasteiger partial charge in [-0.1, -0.05) is 0 Å². The highest BCUT2D eigenvalue weighted by molar-refractivity contribution is 6.10. The number of hydrogen-bond acceptors (Lipinski definition) is 6. The van der Waals surface area contributed by atoms with Crippen LogP contribution in [0.15, 0.2) is 23.3 Å². The van der Waals surface area contributed by atoms with Gasteiger partial charge in [-0.25, -0.2) is 13.6 Å². The first kappa shape index (κ1) is 26.1. The van der Waals surface area contributed by atoms with Crippen molar-refractivity contribution in [3.05, 3.63) is 46.3 Å². The highest BCUT2D eigenvalue weighted by atomic mass is 19.3. The zero-order valence-electron chi connectivity index (χ0n) is 22.0. The van der Waals surface area contributed by atoms with Gasteiger partial charge < -0.3 is 26.2 Å². The van der Waals surface area contributed by atoms with Gasteiger partial charge >= 0.3 is 6.03 Å². The molecule has 4 heterocycles. The molecule has 0 bridgehead atoms. The Balaban J connectivity index is 1.63. The SMILES string of the molecule is CN=C/C(=C\N)c1cc2c(cc1C(F)F)N(c1nn(C3CCNCC3)c3c1CN(C(=O)NC)CC3)CCC2. The Kier molecular flexibility index (Phi) is 7.64. The van der Waals surface area contributed by atoms with E-state index in [0.717, 1.165) is 67.1 Å². The molecule has 1 fully saturated rings. The molecule has 0 atom stereocenters. The molecule has 5 rings (SSSR count). The Morgan fingerprint density at radius 2 is 2.05 bits per heavy atom. The topological polar surface area (TPSA) is 104 Å². The number of carbonyl (C=O) groups is 1. The molecule has 0 radical (unpaired) electrons. The number of nitrogens with zero attached hydrogens (tertiary/aromatic N) is 5. The minimum Gasteiger partial charge on any atom is -0.404 e. The number of nitrogens with two attached hydrogens (primary N) is 1. The molecule has 1 aromatic carbocycles. The molecule has 2 amide bonds. The Bertz CT molecular complexity index is 1250. The lowest BCUT2D eigenvalue weighted by Gasteiger charge is -2.33. The summed E-state index contributed by atoms with van der Waals surface area (Å²) in [7, 11) is 3.23. The summed E-state index contributed by atoms with van der Waals surface area (Å²) >= 11 is 0. The lowest BCUT2D eigenvalue weighted by Crippen LogP contribution is -2.42. The Morgan fingerprint density at radius 1 is 1.26 bits per heavy atom. The molecule has 0 saturated carbocycles. The van der Waals surface area contributed by atoms with Gasteiger partial charge in [0.15, 0.2) is 5.82 Å². The van der Waals surface area contributed by atoms with E-state index in [4.69, 9.17) is 10.8 Å². The summed E-state index contributed by atoms with van der Waals surface area (Å²) in [5, 5.41) is 11.3. The first-order valence-electron chi connectivity index (χ1n) is 13.3. The summed E-state index contributed by atoms with van der Waals surface area (Å²) in [5.74, 6) is 0.769. The average Bonchev–Trinajstić information content (AvgIpc) is 3.33. The first-order chi connectivity index (χ1) is 18.5. The van der Waals surface area contributed by atoms with E-state index >= 15 is 0 Å². The van der Waals surface area contributed by atoms with Crippen molar-refractivity contribution in [2.45, 2.75) is 51.1 Å².